The Labute approximate surface area is 179 Å². The minimum Gasteiger partial charge on any atom is -0.472 e. The van der Waals surface area contributed by atoms with E-state index in [9.17, 15) is 14.9 Å². The lowest BCUT2D eigenvalue weighted by molar-refractivity contribution is -0.111. The minimum absolute atomic E-state index is 0.188. The number of carbonyl (C=O) groups excluding carboxylic acids is 2. The van der Waals surface area contributed by atoms with Crippen molar-refractivity contribution >= 4 is 34.4 Å². The average Bonchev–Trinajstić information content (AvgIpc) is 3.37. The molecule has 2 amide bonds. The summed E-state index contributed by atoms with van der Waals surface area (Å²) in [5.41, 5.74) is 2.30. The van der Waals surface area contributed by atoms with Gasteiger partial charge in [0.15, 0.2) is 0 Å². The molecule has 1 unspecified atom stereocenters. The molecule has 0 saturated carbocycles. The lowest BCUT2D eigenvalue weighted by Gasteiger charge is -2.23. The summed E-state index contributed by atoms with van der Waals surface area (Å²) in [6, 6.07) is 3.97. The predicted octanol–water partition coefficient (Wildman–Crippen LogP) is 4.22. The number of nitriles is 1. The molecule has 0 fully saturated rings. The van der Waals surface area contributed by atoms with Gasteiger partial charge in [0.05, 0.1) is 24.7 Å². The summed E-state index contributed by atoms with van der Waals surface area (Å²) >= 11 is 1.42. The molecule has 0 saturated heterocycles. The van der Waals surface area contributed by atoms with Gasteiger partial charge in [-0.25, -0.2) is 4.79 Å². The summed E-state index contributed by atoms with van der Waals surface area (Å²) in [4.78, 5) is 26.7. The van der Waals surface area contributed by atoms with E-state index < -0.39 is 0 Å². The number of furan rings is 1. The minimum atomic E-state index is -0.373. The van der Waals surface area contributed by atoms with Crippen LogP contribution in [0.15, 0.2) is 41.7 Å². The first-order chi connectivity index (χ1) is 14.5. The van der Waals surface area contributed by atoms with E-state index in [2.05, 4.69) is 18.0 Å². The smallest absolute Gasteiger partial charge is 0.409 e. The van der Waals surface area contributed by atoms with E-state index in [-0.39, 0.29) is 17.9 Å². The van der Waals surface area contributed by atoms with Crippen LogP contribution in [0.5, 0.6) is 0 Å². The largest absolute Gasteiger partial charge is 0.472 e. The number of fused-ring (bicyclic) bond motifs is 1. The second-order valence-electron chi connectivity index (χ2n) is 7.05. The van der Waals surface area contributed by atoms with Crippen LogP contribution < -0.4 is 5.32 Å². The van der Waals surface area contributed by atoms with E-state index in [1.807, 2.05) is 0 Å². The van der Waals surface area contributed by atoms with Crippen molar-refractivity contribution in [2.45, 2.75) is 19.3 Å². The van der Waals surface area contributed by atoms with Crippen LogP contribution in [-0.2, 0) is 22.4 Å². The predicted molar refractivity (Wildman–Crippen MR) is 115 cm³/mol. The fourth-order valence-electron chi connectivity index (χ4n) is 3.27. The number of nitrogens with zero attached hydrogens (tertiary/aromatic N) is 2. The standard InChI is InChI=1S/C22H23N3O4S/c1-3-9-25(2)22(27)29-14-16-4-6-17-18(12-23)21(30-19(17)11-16)24-20(26)7-5-15-8-10-28-13-15/h3,5,7-8,10,13,16H,1,4,6,9,11,14H2,2H3,(H,24,26)/b7-5+. The number of hydrogen-bond acceptors (Lipinski definition) is 6. The molecular weight excluding hydrogens is 402 g/mol. The topological polar surface area (TPSA) is 95.6 Å². The van der Waals surface area contributed by atoms with Gasteiger partial charge in [0.1, 0.15) is 11.1 Å². The van der Waals surface area contributed by atoms with Crippen LogP contribution in [0.2, 0.25) is 0 Å². The van der Waals surface area contributed by atoms with Gasteiger partial charge in [0.2, 0.25) is 5.91 Å². The first-order valence-corrected chi connectivity index (χ1v) is 10.4. The van der Waals surface area contributed by atoms with Gasteiger partial charge in [0, 0.05) is 30.1 Å². The monoisotopic (exact) mass is 425 g/mol. The number of rotatable bonds is 7. The van der Waals surface area contributed by atoms with Crippen LogP contribution in [0.3, 0.4) is 0 Å². The van der Waals surface area contributed by atoms with Crippen LogP contribution >= 0.6 is 11.3 Å². The summed E-state index contributed by atoms with van der Waals surface area (Å²) in [6.07, 6.45) is 9.66. The van der Waals surface area contributed by atoms with Gasteiger partial charge in [-0.1, -0.05) is 6.08 Å². The Morgan fingerprint density at radius 2 is 2.37 bits per heavy atom. The Bertz CT molecular complexity index is 985. The van der Waals surface area contributed by atoms with Crippen molar-refractivity contribution in [2.24, 2.45) is 5.92 Å². The van der Waals surface area contributed by atoms with Crippen molar-refractivity contribution < 1.29 is 18.7 Å². The second-order valence-corrected chi connectivity index (χ2v) is 8.16. The summed E-state index contributed by atoms with van der Waals surface area (Å²) in [5.74, 6) is -0.115. The van der Waals surface area contributed by atoms with Gasteiger partial charge >= 0.3 is 6.09 Å². The highest BCUT2D eigenvalue weighted by molar-refractivity contribution is 7.16. The van der Waals surface area contributed by atoms with Crippen molar-refractivity contribution in [3.63, 3.8) is 0 Å². The van der Waals surface area contributed by atoms with Crippen LogP contribution in [0.1, 0.15) is 28.0 Å². The van der Waals surface area contributed by atoms with Crippen molar-refractivity contribution in [3.05, 3.63) is 58.9 Å². The summed E-state index contributed by atoms with van der Waals surface area (Å²) in [5, 5.41) is 13.0. The van der Waals surface area contributed by atoms with Crippen molar-refractivity contribution in [1.29, 1.82) is 5.26 Å². The van der Waals surface area contributed by atoms with Gasteiger partial charge in [0.25, 0.3) is 0 Å². The highest BCUT2D eigenvalue weighted by Gasteiger charge is 2.27. The fraction of sp³-hybridized carbons (Fsp3) is 0.318. The number of thiophene rings is 1. The lowest BCUT2D eigenvalue weighted by Crippen LogP contribution is -2.30. The zero-order valence-electron chi connectivity index (χ0n) is 16.7. The number of amides is 2. The molecule has 1 aliphatic rings. The molecule has 0 spiro atoms. The van der Waals surface area contributed by atoms with Gasteiger partial charge in [-0.3, -0.25) is 4.79 Å². The van der Waals surface area contributed by atoms with E-state index >= 15 is 0 Å². The molecule has 3 rings (SSSR count). The molecule has 2 aromatic heterocycles. The third-order valence-electron chi connectivity index (χ3n) is 4.84. The number of anilines is 1. The first kappa shape index (κ1) is 21.4. The molecule has 2 heterocycles. The van der Waals surface area contributed by atoms with E-state index in [0.717, 1.165) is 28.8 Å². The Morgan fingerprint density at radius 3 is 3.07 bits per heavy atom. The fourth-order valence-corrected chi connectivity index (χ4v) is 4.58. The van der Waals surface area contributed by atoms with E-state index in [1.165, 1.54) is 34.8 Å². The molecular formula is C22H23N3O4S. The van der Waals surface area contributed by atoms with Crippen molar-refractivity contribution in [1.82, 2.24) is 4.90 Å². The Morgan fingerprint density at radius 1 is 1.53 bits per heavy atom. The van der Waals surface area contributed by atoms with Crippen molar-refractivity contribution in [3.8, 4) is 6.07 Å². The zero-order chi connectivity index (χ0) is 21.5. The SMILES string of the molecule is C=CCN(C)C(=O)OCC1CCc2c(sc(NC(=O)/C=C/c3ccoc3)c2C#N)C1. The highest BCUT2D eigenvalue weighted by Crippen LogP contribution is 2.39. The van der Waals surface area contributed by atoms with Gasteiger partial charge in [-0.2, -0.15) is 5.26 Å². The second kappa shape index (κ2) is 9.94. The molecule has 8 heteroatoms. The maximum Gasteiger partial charge on any atom is 0.409 e. The Kier molecular flexibility index (Phi) is 7.09. The molecule has 0 bridgehead atoms. The molecule has 0 aliphatic heterocycles. The molecule has 1 atom stereocenters. The maximum absolute atomic E-state index is 12.2. The molecule has 2 aromatic rings. The Balaban J connectivity index is 1.62. The van der Waals surface area contributed by atoms with Gasteiger partial charge in [-0.15, -0.1) is 17.9 Å². The number of nitrogens with one attached hydrogen (secondary N) is 1. The average molecular weight is 426 g/mol. The third-order valence-corrected chi connectivity index (χ3v) is 6.01. The van der Waals surface area contributed by atoms with Crippen LogP contribution in [0.4, 0.5) is 9.80 Å². The van der Waals surface area contributed by atoms with Crippen molar-refractivity contribution in [2.75, 3.05) is 25.5 Å². The quantitative estimate of drug-likeness (QED) is 0.529. The molecule has 1 N–H and O–H groups in total. The summed E-state index contributed by atoms with van der Waals surface area (Å²) in [7, 11) is 1.66. The zero-order valence-corrected chi connectivity index (χ0v) is 17.5. The molecule has 156 valence electrons. The van der Waals surface area contributed by atoms with Gasteiger partial charge < -0.3 is 19.4 Å². The molecule has 30 heavy (non-hydrogen) atoms. The highest BCUT2D eigenvalue weighted by atomic mass is 32.1. The summed E-state index contributed by atoms with van der Waals surface area (Å²) < 4.78 is 10.4. The lowest BCUT2D eigenvalue weighted by atomic mass is 9.88. The van der Waals surface area contributed by atoms with Crippen LogP contribution in [0.25, 0.3) is 6.08 Å². The molecule has 1 aliphatic carbocycles. The van der Waals surface area contributed by atoms with E-state index in [0.29, 0.717) is 30.1 Å². The van der Waals surface area contributed by atoms with E-state index in [1.54, 1.807) is 25.3 Å². The number of hydrogen-bond donors (Lipinski definition) is 1. The molecule has 0 radical (unpaired) electrons. The molecule has 7 nitrogen and oxygen atoms in total. The van der Waals surface area contributed by atoms with E-state index in [4.69, 9.17) is 9.15 Å². The third kappa shape index (κ3) is 5.19. The normalized spacial score (nSPS) is 15.3. The maximum atomic E-state index is 12.2. The number of ether oxygens (including phenoxy) is 1. The first-order valence-electron chi connectivity index (χ1n) is 9.56. The summed E-state index contributed by atoms with van der Waals surface area (Å²) in [6.45, 7) is 4.37. The van der Waals surface area contributed by atoms with Gasteiger partial charge in [-0.05, 0) is 42.9 Å². The van der Waals surface area contributed by atoms with Crippen LogP contribution in [-0.4, -0.2) is 37.1 Å². The number of likely N-dealkylation sites (N-methyl/N-ethyl adjacent to an activating group) is 1. The van der Waals surface area contributed by atoms with Crippen LogP contribution in [0, 0.1) is 17.2 Å². The number of carbonyl (C=O) groups is 2. The molecule has 0 aromatic carbocycles. The Hall–Kier alpha value is -3.31.